The highest BCUT2D eigenvalue weighted by Gasteiger charge is 2.52. The standard InChI is InChI=1S/C29H39NO6.C25H31NO6.C21H31NO5.CH4/c1-19(31)29(6)18-30(27(33)26(35-20(2)32)15-21-11-9-8-10-12-21)17-23(29)22-13-14-24(34-7)25(16-22)36-28(3,4)5;1-16(27)25(3)15-26(14-20(25)19-10-11-22(31-4)21(29)13-19)24(30)23(32-17(2)28)12-18-8-6-5-7-9-18;1-14(24)21(2)13-22(20(25)26-3)11-18(21)15-8-9-16(12-23)19(10-15)27-17-6-4-5-7-17;/h8-14,16,19,23,26,31H,15,17-18H2,1-7H3;5-11,13,16,20,23,27,29H,12,14-15H2,1-4H3;8-10,14,17-18,23-24H,4-7,11-13H2,1-3H3;1H4/t19-,23+,26+,29+;16-,20+,23+,25+;14-,18+,21+;/m111./s1. The maximum Gasteiger partial charge on any atom is 0.409 e. The zero-order valence-electron chi connectivity index (χ0n) is 57.8. The van der Waals surface area contributed by atoms with Gasteiger partial charge in [-0.3, -0.25) is 19.2 Å². The maximum atomic E-state index is 13.7. The molecule has 4 fully saturated rings. The van der Waals surface area contributed by atoms with Gasteiger partial charge in [-0.05, 0) is 125 Å². The number of carbonyl (C=O) groups excluding carboxylic acids is 5. The monoisotopic (exact) mass is 1330 g/mol. The largest absolute Gasteiger partial charge is 0.504 e. The summed E-state index contributed by atoms with van der Waals surface area (Å²) in [7, 11) is 4.45. The molecule has 20 heteroatoms. The van der Waals surface area contributed by atoms with Gasteiger partial charge in [-0.2, -0.15) is 0 Å². The molecule has 1 aliphatic carbocycles. The summed E-state index contributed by atoms with van der Waals surface area (Å²) in [5.74, 6) is 0.299. The van der Waals surface area contributed by atoms with Crippen LogP contribution < -0.4 is 18.9 Å². The lowest BCUT2D eigenvalue weighted by Gasteiger charge is -2.34. The van der Waals surface area contributed by atoms with Gasteiger partial charge in [0, 0.05) is 106 Å². The van der Waals surface area contributed by atoms with E-state index >= 15 is 0 Å². The second kappa shape index (κ2) is 33.4. The molecule has 3 heterocycles. The van der Waals surface area contributed by atoms with Crippen molar-refractivity contribution < 1.29 is 82.7 Å². The number of nitrogens with zero attached hydrogens (tertiary/aromatic N) is 3. The molecule has 0 aromatic heterocycles. The number of carbonyl (C=O) groups is 5. The van der Waals surface area contributed by atoms with Crippen LogP contribution in [0.15, 0.2) is 115 Å². The molecule has 526 valence electrons. The Morgan fingerprint density at radius 2 is 0.948 bits per heavy atom. The number of methoxy groups -OCH3 is 3. The molecule has 11 atom stereocenters. The molecule has 4 aliphatic rings. The predicted octanol–water partition coefficient (Wildman–Crippen LogP) is 10.9. The number of hydrogen-bond acceptors (Lipinski definition) is 17. The lowest BCUT2D eigenvalue weighted by Crippen LogP contribution is -2.43. The van der Waals surface area contributed by atoms with Crippen molar-refractivity contribution >= 4 is 29.8 Å². The van der Waals surface area contributed by atoms with E-state index in [-0.39, 0.29) is 74.4 Å². The van der Waals surface area contributed by atoms with Crippen molar-refractivity contribution in [2.24, 2.45) is 16.2 Å². The summed E-state index contributed by atoms with van der Waals surface area (Å²) in [5.41, 5.74) is 3.15. The molecule has 5 aromatic carbocycles. The lowest BCUT2D eigenvalue weighted by atomic mass is 9.72. The Kier molecular flexibility index (Phi) is 26.8. The first-order valence-corrected chi connectivity index (χ1v) is 32.9. The van der Waals surface area contributed by atoms with Crippen LogP contribution in [0.5, 0.6) is 28.7 Å². The van der Waals surface area contributed by atoms with Crippen LogP contribution in [0.1, 0.15) is 160 Å². The van der Waals surface area contributed by atoms with E-state index in [1.165, 1.54) is 40.9 Å². The van der Waals surface area contributed by atoms with E-state index in [0.717, 1.165) is 46.2 Å². The predicted molar refractivity (Wildman–Crippen MR) is 366 cm³/mol. The fourth-order valence-corrected chi connectivity index (χ4v) is 13.7. The number of phenolic OH excluding ortho intramolecular Hbond substituents is 1. The number of phenols is 1. The molecule has 0 radical (unpaired) electrons. The Balaban J connectivity index is 0.000000229. The van der Waals surface area contributed by atoms with Crippen molar-refractivity contribution in [3.05, 3.63) is 149 Å². The molecule has 9 rings (SSSR count). The van der Waals surface area contributed by atoms with Gasteiger partial charge in [0.2, 0.25) is 0 Å². The summed E-state index contributed by atoms with van der Waals surface area (Å²) in [6, 6.07) is 35.6. The molecule has 1 saturated carbocycles. The fourth-order valence-electron chi connectivity index (χ4n) is 13.7. The zero-order chi connectivity index (χ0) is 69.7. The number of hydrogen-bond donors (Lipinski definition) is 5. The van der Waals surface area contributed by atoms with E-state index in [2.05, 4.69) is 0 Å². The van der Waals surface area contributed by atoms with Crippen LogP contribution in [0.2, 0.25) is 0 Å². The quantitative estimate of drug-likeness (QED) is 0.0358. The van der Waals surface area contributed by atoms with E-state index in [9.17, 15) is 49.5 Å². The fraction of sp³-hybridized carbons (Fsp3) is 0.539. The van der Waals surface area contributed by atoms with Gasteiger partial charge in [0.25, 0.3) is 11.8 Å². The SMILES string of the molecule is C.COC(=O)N1C[C@@H](c2ccc(CO)c(OC3CCCC3)c2)[C@](C)([C@@H](C)O)C1.COc1ccc([C@@H]2CN(C(=O)[C@H](Cc3ccccc3)OC(C)=O)C[C@@]2(C)[C@@H](C)O)cc1O.COc1ccc([C@@H]2CN(C(=O)[C@H](Cc3ccccc3)OC(C)=O)C[C@@]2(C)[C@@H](C)O)cc1OC(C)(C)C. The molecular weight excluding hydrogens is 1230 g/mol. The van der Waals surface area contributed by atoms with Gasteiger partial charge in [-0.1, -0.05) is 113 Å². The maximum absolute atomic E-state index is 13.7. The number of aromatic hydroxyl groups is 1. The number of ether oxygens (including phenoxy) is 7. The smallest absolute Gasteiger partial charge is 0.409 e. The number of esters is 2. The van der Waals surface area contributed by atoms with Crippen LogP contribution in [0.3, 0.4) is 0 Å². The van der Waals surface area contributed by atoms with E-state index in [4.69, 9.17) is 33.2 Å². The topological polar surface area (TPSA) is 261 Å². The minimum atomic E-state index is -0.948. The molecule has 0 unspecified atom stereocenters. The van der Waals surface area contributed by atoms with Gasteiger partial charge >= 0.3 is 18.0 Å². The van der Waals surface area contributed by atoms with Crippen molar-refractivity contribution in [2.45, 2.75) is 189 Å². The van der Waals surface area contributed by atoms with E-state index in [1.807, 2.05) is 145 Å². The molecule has 20 nitrogen and oxygen atoms in total. The highest BCUT2D eigenvalue weighted by Crippen LogP contribution is 2.50. The number of aliphatic hydroxyl groups excluding tert-OH is 4. The Morgan fingerprint density at radius 3 is 1.33 bits per heavy atom. The third-order valence-electron chi connectivity index (χ3n) is 19.7. The van der Waals surface area contributed by atoms with Gasteiger partial charge in [0.1, 0.15) is 11.4 Å². The number of aliphatic hydroxyl groups is 4. The molecule has 3 amide bonds. The summed E-state index contributed by atoms with van der Waals surface area (Å²) in [6.45, 7) is 21.8. The average molecular weight is 1330 g/mol. The first kappa shape index (κ1) is 77.1. The first-order valence-electron chi connectivity index (χ1n) is 32.9. The molecule has 3 aliphatic heterocycles. The molecule has 96 heavy (non-hydrogen) atoms. The lowest BCUT2D eigenvalue weighted by molar-refractivity contribution is -0.158. The number of amides is 3. The highest BCUT2D eigenvalue weighted by atomic mass is 16.6. The Hall–Kier alpha value is -7.91. The minimum absolute atomic E-state index is 0. The molecule has 3 saturated heterocycles. The van der Waals surface area contributed by atoms with Gasteiger partial charge in [-0.25, -0.2) is 4.79 Å². The number of rotatable bonds is 20. The molecule has 5 aromatic rings. The third kappa shape index (κ3) is 18.8. The Morgan fingerprint density at radius 1 is 0.552 bits per heavy atom. The summed E-state index contributed by atoms with van der Waals surface area (Å²) in [4.78, 5) is 67.7. The van der Waals surface area contributed by atoms with E-state index in [0.29, 0.717) is 62.3 Å². The summed E-state index contributed by atoms with van der Waals surface area (Å²) >= 11 is 0. The Bertz CT molecular complexity index is 3390. The second-order valence-corrected chi connectivity index (χ2v) is 27.7. The average Bonchev–Trinajstić information content (AvgIpc) is 1.63. The van der Waals surface area contributed by atoms with Crippen LogP contribution in [0.4, 0.5) is 4.79 Å². The van der Waals surface area contributed by atoms with Crippen molar-refractivity contribution in [1.82, 2.24) is 14.7 Å². The highest BCUT2D eigenvalue weighted by molar-refractivity contribution is 5.85. The third-order valence-corrected chi connectivity index (χ3v) is 19.7. The molecule has 5 N–H and O–H groups in total. The van der Waals surface area contributed by atoms with Crippen LogP contribution in [-0.4, -0.2) is 173 Å². The van der Waals surface area contributed by atoms with Crippen molar-refractivity contribution in [2.75, 3.05) is 60.6 Å². The zero-order valence-corrected chi connectivity index (χ0v) is 57.8. The van der Waals surface area contributed by atoms with Crippen LogP contribution in [0, 0.1) is 16.2 Å². The summed E-state index contributed by atoms with van der Waals surface area (Å²) in [5, 5.41) is 51.9. The normalized spacial score (nSPS) is 23.1. The molecule has 0 spiro atoms. The van der Waals surface area contributed by atoms with Crippen LogP contribution >= 0.6 is 0 Å². The van der Waals surface area contributed by atoms with Crippen LogP contribution in [0.25, 0.3) is 0 Å². The first-order chi connectivity index (χ1) is 44.9. The molecule has 0 bridgehead atoms. The van der Waals surface area contributed by atoms with Gasteiger partial charge in [0.15, 0.2) is 35.2 Å². The number of likely N-dealkylation sites (tertiary alicyclic amines) is 3. The second-order valence-electron chi connectivity index (χ2n) is 27.7. The van der Waals surface area contributed by atoms with Crippen molar-refractivity contribution in [1.29, 1.82) is 0 Å². The van der Waals surface area contributed by atoms with E-state index in [1.54, 1.807) is 54.7 Å². The van der Waals surface area contributed by atoms with E-state index < -0.39 is 64.3 Å². The molecular formula is C76H105N3O17. The number of benzene rings is 5. The minimum Gasteiger partial charge on any atom is -0.504 e. The summed E-state index contributed by atoms with van der Waals surface area (Å²) in [6.07, 6.45) is 0.954. The van der Waals surface area contributed by atoms with Crippen molar-refractivity contribution in [3.8, 4) is 28.7 Å². The van der Waals surface area contributed by atoms with Gasteiger partial charge in [0.05, 0.1) is 52.4 Å². The van der Waals surface area contributed by atoms with Crippen molar-refractivity contribution in [3.63, 3.8) is 0 Å². The summed E-state index contributed by atoms with van der Waals surface area (Å²) < 4.78 is 38.7. The van der Waals surface area contributed by atoms with Gasteiger partial charge in [-0.15, -0.1) is 0 Å². The Labute approximate surface area is 567 Å². The van der Waals surface area contributed by atoms with Crippen LogP contribution in [-0.2, 0) is 52.8 Å². The van der Waals surface area contributed by atoms with Gasteiger partial charge < -0.3 is 73.4 Å².